The molecule has 5 heterocycles. The summed E-state index contributed by atoms with van der Waals surface area (Å²) < 4.78 is 5.90. The zero-order chi connectivity index (χ0) is 45.8. The molecule has 17 nitrogen and oxygen atoms in total. The fraction of sp³-hybridized carbons (Fsp3) is 0.587. The van der Waals surface area contributed by atoms with Gasteiger partial charge < -0.3 is 25.6 Å². The number of cyclic esters (lactones) is 1. The quantitative estimate of drug-likeness (QED) is 0.130. The third kappa shape index (κ3) is 9.69. The van der Waals surface area contributed by atoms with E-state index in [2.05, 4.69) is 44.1 Å². The van der Waals surface area contributed by atoms with E-state index in [1.807, 2.05) is 44.9 Å². The van der Waals surface area contributed by atoms with E-state index < -0.39 is 41.0 Å². The zero-order valence-electron chi connectivity index (χ0n) is 37.0. The van der Waals surface area contributed by atoms with Crippen molar-refractivity contribution in [3.8, 4) is 0 Å². The van der Waals surface area contributed by atoms with Crippen LogP contribution in [-0.2, 0) is 33.5 Å². The molecule has 3 fully saturated rings. The summed E-state index contributed by atoms with van der Waals surface area (Å²) in [5.74, 6) is 0.0198. The number of allylic oxidation sites excluding steroid dienone is 4. The van der Waals surface area contributed by atoms with Gasteiger partial charge in [-0.25, -0.2) is 14.8 Å². The number of likely N-dealkylation sites (N-methyl/N-ethyl adjacent to an activating group) is 1. The summed E-state index contributed by atoms with van der Waals surface area (Å²) in [7, 11) is 1.93. The van der Waals surface area contributed by atoms with Gasteiger partial charge in [-0.2, -0.15) is 9.59 Å². The van der Waals surface area contributed by atoms with Crippen LogP contribution in [0.3, 0.4) is 0 Å². The number of ether oxygens (including phenoxy) is 1. The van der Waals surface area contributed by atoms with Crippen molar-refractivity contribution in [3.63, 3.8) is 0 Å². The van der Waals surface area contributed by atoms with Crippen LogP contribution in [0.5, 0.6) is 0 Å². The Kier molecular flexibility index (Phi) is 14.8. The number of aliphatic hydroxyl groups is 2. The lowest BCUT2D eigenvalue weighted by atomic mass is 9.45. The molecule has 0 aromatic rings. The summed E-state index contributed by atoms with van der Waals surface area (Å²) in [5, 5.41) is 29.4. The van der Waals surface area contributed by atoms with Gasteiger partial charge in [0.25, 0.3) is 0 Å². The minimum atomic E-state index is -0.856. The van der Waals surface area contributed by atoms with E-state index in [0.29, 0.717) is 73.8 Å². The number of carbonyl (C=O) groups excluding carboxylic acids is 6. The van der Waals surface area contributed by atoms with E-state index in [0.717, 1.165) is 5.57 Å². The second-order valence-electron chi connectivity index (χ2n) is 18.0. The Morgan fingerprint density at radius 3 is 2.30 bits per heavy atom. The molecule has 1 saturated heterocycles. The highest BCUT2D eigenvalue weighted by atomic mass is 16.5. The summed E-state index contributed by atoms with van der Waals surface area (Å²) in [6.45, 7) is 15.0. The van der Waals surface area contributed by atoms with Crippen LogP contribution in [0.25, 0.3) is 0 Å². The highest BCUT2D eigenvalue weighted by Crippen LogP contribution is 2.62. The largest absolute Gasteiger partial charge is 0.423 e. The van der Waals surface area contributed by atoms with Crippen molar-refractivity contribution in [2.45, 2.75) is 122 Å². The van der Waals surface area contributed by atoms with Crippen molar-refractivity contribution in [1.29, 1.82) is 0 Å². The van der Waals surface area contributed by atoms with Crippen molar-refractivity contribution in [1.82, 2.24) is 20.4 Å². The van der Waals surface area contributed by atoms with Gasteiger partial charge in [0, 0.05) is 36.1 Å². The number of hydrogen-bond acceptors (Lipinski definition) is 16. The van der Waals surface area contributed by atoms with Crippen LogP contribution in [0.4, 0.5) is 0 Å². The van der Waals surface area contributed by atoms with Gasteiger partial charge in [-0.15, -0.1) is 0 Å². The Morgan fingerprint density at radius 2 is 1.71 bits per heavy atom. The number of hydrogen-bond donors (Lipinski definition) is 4. The lowest BCUT2D eigenvalue weighted by molar-refractivity contribution is -0.191. The SMILES string of the molecule is C=C1C(NC(C)C(=O)CC2=NCC=N2)CC2[C@](C)(CC[C@@H](O)[C@@]2(C)CO)C1CC(NC(C)C(=O)CC1=NCC=N1)C1=C/C(=C\C2=CN3C(=O)C(CC)N(C)C3C=C2)OC1=O.O=C=O. The van der Waals surface area contributed by atoms with E-state index in [-0.39, 0.29) is 73.2 Å². The lowest BCUT2D eigenvalue weighted by Gasteiger charge is -2.62. The van der Waals surface area contributed by atoms with Crippen LogP contribution in [0.15, 0.2) is 79.5 Å². The number of amidine groups is 2. The van der Waals surface area contributed by atoms with Gasteiger partial charge in [0.05, 0.1) is 62.3 Å². The van der Waals surface area contributed by atoms with Crippen molar-refractivity contribution >= 4 is 53.7 Å². The van der Waals surface area contributed by atoms with Crippen LogP contribution >= 0.6 is 0 Å². The van der Waals surface area contributed by atoms with E-state index >= 15 is 0 Å². The first-order valence-corrected chi connectivity index (χ1v) is 21.7. The minimum Gasteiger partial charge on any atom is -0.423 e. The number of nitrogens with one attached hydrogen (secondary N) is 2. The molecule has 8 unspecified atom stereocenters. The highest BCUT2D eigenvalue weighted by Gasteiger charge is 2.60. The number of carbonyl (C=O) groups is 4. The van der Waals surface area contributed by atoms with Gasteiger partial charge in [0.15, 0.2) is 11.6 Å². The molecule has 7 rings (SSSR count). The normalized spacial score (nSPS) is 33.0. The first kappa shape index (κ1) is 47.3. The average Bonchev–Trinajstić information content (AvgIpc) is 4.08. The zero-order valence-corrected chi connectivity index (χ0v) is 37.0. The molecule has 0 aromatic carbocycles. The molecule has 0 aromatic heterocycles. The molecule has 0 spiro atoms. The van der Waals surface area contributed by atoms with E-state index in [9.17, 15) is 29.4 Å². The van der Waals surface area contributed by atoms with E-state index in [1.165, 1.54) is 0 Å². The standard InChI is InChI=1S/C45H60N8O7.CO2/c1-8-34-42(58)53-23-28(9-10-41(53)52(34)7)17-29-18-30(43(59)60-29)33(51-27(4)36(56)22-40-48-15-16-49-40)19-31-25(2)32(50-26(3)35(55)21-39-46-13-14-47-39)20-37-44(31,5)12-11-38(57)45(37,6)24-54;2-1-3/h9-10,13,15,17-18,23,26-27,31-34,37-38,41,50-51,54,57H,2,8,11-12,14,16,19-22,24H2,1,3-7H3;/b29-17+;/t26?,27?,31?,32?,33?,34?,37?,38-,41?,44-,45+;/m1./s1. The Labute approximate surface area is 368 Å². The summed E-state index contributed by atoms with van der Waals surface area (Å²) in [6.07, 6.45) is 14.5. The number of rotatable bonds is 16. The molecule has 0 radical (unpaired) electrons. The van der Waals surface area contributed by atoms with Crippen molar-refractivity contribution in [2.24, 2.45) is 42.6 Å². The Balaban J connectivity index is 0.00000214. The Bertz CT molecular complexity index is 2150. The first-order valence-electron chi connectivity index (χ1n) is 21.7. The van der Waals surface area contributed by atoms with Crippen LogP contribution < -0.4 is 10.6 Å². The van der Waals surface area contributed by atoms with Crippen LogP contribution in [0.2, 0.25) is 0 Å². The number of ketones is 2. The van der Waals surface area contributed by atoms with Crippen LogP contribution in [-0.4, -0.2) is 143 Å². The van der Waals surface area contributed by atoms with E-state index in [1.54, 1.807) is 42.6 Å². The number of amides is 1. The number of aliphatic hydroxyl groups excluding tert-OH is 2. The Morgan fingerprint density at radius 1 is 1.08 bits per heavy atom. The molecule has 1 amide bonds. The summed E-state index contributed by atoms with van der Waals surface area (Å²) >= 11 is 0. The predicted molar refractivity (Wildman–Crippen MR) is 234 cm³/mol. The summed E-state index contributed by atoms with van der Waals surface area (Å²) in [6, 6.07) is -2.56. The molecule has 2 saturated carbocycles. The first-order chi connectivity index (χ1) is 30.0. The number of nitrogens with zero attached hydrogens (tertiary/aromatic N) is 6. The van der Waals surface area contributed by atoms with Gasteiger partial charge in [-0.3, -0.25) is 34.2 Å². The van der Waals surface area contributed by atoms with Gasteiger partial charge >= 0.3 is 12.1 Å². The molecule has 5 aliphatic heterocycles. The molecule has 2 aliphatic carbocycles. The molecule has 7 aliphatic rings. The van der Waals surface area contributed by atoms with Gasteiger partial charge in [0.2, 0.25) is 5.91 Å². The molecule has 4 N–H and O–H groups in total. The third-order valence-corrected chi connectivity index (χ3v) is 14.3. The maximum Gasteiger partial charge on any atom is 0.373 e. The fourth-order valence-electron chi connectivity index (χ4n) is 10.6. The van der Waals surface area contributed by atoms with Gasteiger partial charge in [-0.05, 0) is 94.1 Å². The third-order valence-electron chi connectivity index (χ3n) is 14.3. The molecule has 17 heteroatoms. The number of esters is 1. The Hall–Kier alpha value is -5.16. The number of fused-ring (bicyclic) bond motifs is 2. The van der Waals surface area contributed by atoms with Crippen molar-refractivity contribution in [3.05, 3.63) is 59.6 Å². The van der Waals surface area contributed by atoms with Crippen molar-refractivity contribution in [2.75, 3.05) is 26.7 Å². The van der Waals surface area contributed by atoms with Gasteiger partial charge in [-0.1, -0.05) is 39.0 Å². The topological polar surface area (TPSA) is 232 Å². The lowest BCUT2D eigenvalue weighted by Crippen LogP contribution is -2.62. The average molecular weight is 869 g/mol. The van der Waals surface area contributed by atoms with Crippen molar-refractivity contribution < 1.29 is 43.7 Å². The molecule has 11 atom stereocenters. The van der Waals surface area contributed by atoms with Crippen LogP contribution in [0.1, 0.15) is 79.6 Å². The number of Topliss-reactive ketones (excluding diaryl/α,β-unsaturated/α-hetero) is 2. The minimum absolute atomic E-state index is 0.0121. The van der Waals surface area contributed by atoms with Gasteiger partial charge in [0.1, 0.15) is 23.6 Å². The molecule has 0 bridgehead atoms. The highest BCUT2D eigenvalue weighted by molar-refractivity contribution is 6.08. The molecular formula is C46H60N8O9. The monoisotopic (exact) mass is 868 g/mol. The molecule has 63 heavy (non-hydrogen) atoms. The maximum absolute atomic E-state index is 14.0. The smallest absolute Gasteiger partial charge is 0.373 e. The molecule has 338 valence electrons. The predicted octanol–water partition coefficient (Wildman–Crippen LogP) is 2.42. The van der Waals surface area contributed by atoms with Crippen LogP contribution in [0, 0.1) is 22.7 Å². The second kappa shape index (κ2) is 19.7. The maximum atomic E-state index is 14.0. The number of aliphatic imine (C=N–C) groups is 4. The summed E-state index contributed by atoms with van der Waals surface area (Å²) in [5.41, 5.74) is 0.534. The molecular weight excluding hydrogens is 809 g/mol. The second-order valence-corrected chi connectivity index (χ2v) is 18.0. The fourth-order valence-corrected chi connectivity index (χ4v) is 10.6. The van der Waals surface area contributed by atoms with E-state index in [4.69, 9.17) is 14.3 Å². The summed E-state index contributed by atoms with van der Waals surface area (Å²) in [4.78, 5) is 91.4.